The second-order valence-electron chi connectivity index (χ2n) is 7.56. The third kappa shape index (κ3) is 4.18. The Labute approximate surface area is 193 Å². The van der Waals surface area contributed by atoms with Gasteiger partial charge < -0.3 is 9.80 Å². The highest BCUT2D eigenvalue weighted by Gasteiger charge is 2.30. The molecule has 4 heterocycles. The predicted octanol–water partition coefficient (Wildman–Crippen LogP) is 4.24. The van der Waals surface area contributed by atoms with Gasteiger partial charge in [0.1, 0.15) is 19.4 Å². The zero-order valence-corrected chi connectivity index (χ0v) is 20.0. The number of anilines is 1. The van der Waals surface area contributed by atoms with Crippen molar-refractivity contribution in [3.8, 4) is 10.6 Å². The Hall–Kier alpha value is -2.14. The minimum absolute atomic E-state index is 0.0145. The molecule has 2 aromatic rings. The van der Waals surface area contributed by atoms with Crippen LogP contribution >= 0.6 is 33.9 Å². The van der Waals surface area contributed by atoms with E-state index in [1.807, 2.05) is 6.92 Å². The third-order valence-corrected chi connectivity index (χ3v) is 7.35. The number of halogens is 1. The molecule has 156 valence electrons. The molecule has 0 bridgehead atoms. The molecule has 1 saturated heterocycles. The highest BCUT2D eigenvalue weighted by Crippen LogP contribution is 2.35. The second-order valence-corrected chi connectivity index (χ2v) is 9.58. The minimum Gasteiger partial charge on any atom is -0.356 e. The molecule has 0 radical (unpaired) electrons. The number of allylic oxidation sites excluding steroid dienone is 2. The number of rotatable bonds is 5. The Bertz CT molecular complexity index is 1050. The van der Waals surface area contributed by atoms with Crippen LogP contribution < -0.4 is 4.90 Å². The van der Waals surface area contributed by atoms with E-state index in [2.05, 4.69) is 63.5 Å². The number of carbonyl (C=O) groups excluding carboxylic acids is 1. The van der Waals surface area contributed by atoms with E-state index in [0.29, 0.717) is 17.3 Å². The lowest BCUT2D eigenvalue weighted by atomic mass is 10.1. The number of fused-ring (bicyclic) bond motifs is 1. The molecular weight excluding hydrogens is 511 g/mol. The molecule has 30 heavy (non-hydrogen) atoms. The molecule has 0 aromatic carbocycles. The molecule has 0 spiro atoms. The average Bonchev–Trinajstić information content (AvgIpc) is 3.35. The fraction of sp³-hybridized carbons (Fsp3) is 0.381. The third-order valence-electron chi connectivity index (χ3n) is 5.41. The van der Waals surface area contributed by atoms with Crippen LogP contribution in [-0.2, 0) is 6.42 Å². The van der Waals surface area contributed by atoms with E-state index in [9.17, 15) is 4.79 Å². The van der Waals surface area contributed by atoms with Gasteiger partial charge in [-0.05, 0) is 60.1 Å². The molecule has 2 aliphatic rings. The summed E-state index contributed by atoms with van der Waals surface area (Å²) in [5.74, 6) is 1.72. The second kappa shape index (κ2) is 8.93. The summed E-state index contributed by atoms with van der Waals surface area (Å²) >= 11 is 3.73. The maximum atomic E-state index is 13.0. The van der Waals surface area contributed by atoms with Crippen LogP contribution in [0.5, 0.6) is 0 Å². The summed E-state index contributed by atoms with van der Waals surface area (Å²) < 4.78 is 0.921. The summed E-state index contributed by atoms with van der Waals surface area (Å²) in [5, 5.41) is 8.02. The summed E-state index contributed by atoms with van der Waals surface area (Å²) in [7, 11) is 0. The van der Waals surface area contributed by atoms with Gasteiger partial charge in [-0.2, -0.15) is 10.2 Å². The summed E-state index contributed by atoms with van der Waals surface area (Å²) in [4.78, 5) is 27.4. The Balaban J connectivity index is 1.58. The molecule has 1 fully saturated rings. The Kier molecular flexibility index (Phi) is 6.28. The van der Waals surface area contributed by atoms with Crippen LogP contribution in [0.15, 0.2) is 34.1 Å². The van der Waals surface area contributed by atoms with E-state index in [0.717, 1.165) is 51.0 Å². The number of hydrogen-bond donors (Lipinski definition) is 0. The molecule has 0 N–H and O–H groups in total. The molecule has 0 saturated carbocycles. The van der Waals surface area contributed by atoms with Crippen molar-refractivity contribution in [1.29, 1.82) is 0 Å². The number of thiazole rings is 1. The predicted molar refractivity (Wildman–Crippen MR) is 131 cm³/mol. The number of pyridine rings is 1. The number of amides is 1. The molecule has 4 rings (SSSR count). The number of nitrogens with zero attached hydrogens (tertiary/aromatic N) is 6. The van der Waals surface area contributed by atoms with Gasteiger partial charge in [-0.15, -0.1) is 11.3 Å². The fourth-order valence-electron chi connectivity index (χ4n) is 3.76. The highest BCUT2D eigenvalue weighted by molar-refractivity contribution is 14.1. The van der Waals surface area contributed by atoms with Crippen LogP contribution in [0.3, 0.4) is 0 Å². The van der Waals surface area contributed by atoms with Crippen molar-refractivity contribution < 1.29 is 4.79 Å². The summed E-state index contributed by atoms with van der Waals surface area (Å²) in [6.07, 6.45) is 5.25. The minimum atomic E-state index is -0.0145. The van der Waals surface area contributed by atoms with Crippen LogP contribution in [0.25, 0.3) is 10.6 Å². The molecule has 1 unspecified atom stereocenters. The normalized spacial score (nSPS) is 19.6. The standard InChI is InChI=1S/C21H23IN6OS/c1-13-7-10-27(12-13)17-5-4-15(19(22)26-17)20-25-16-8-11-28(21(29)18(16)30-20)14(2)6-9-24-23-3/h4-6,9,13H,3,7-8,10-12H2,1-2H3/b14-6+,24-9-. The number of aromatic nitrogens is 2. The van der Waals surface area contributed by atoms with E-state index < -0.39 is 0 Å². The number of hydrogen-bond acceptors (Lipinski definition) is 7. The molecule has 1 amide bonds. The van der Waals surface area contributed by atoms with Crippen molar-refractivity contribution in [3.63, 3.8) is 0 Å². The molecule has 2 aromatic heterocycles. The molecule has 2 aliphatic heterocycles. The van der Waals surface area contributed by atoms with Gasteiger partial charge in [0, 0.05) is 44.0 Å². The van der Waals surface area contributed by atoms with Gasteiger partial charge in [0.25, 0.3) is 5.91 Å². The van der Waals surface area contributed by atoms with Crippen molar-refractivity contribution in [1.82, 2.24) is 14.9 Å². The molecule has 1 atom stereocenters. The lowest BCUT2D eigenvalue weighted by molar-refractivity contribution is 0.0797. The monoisotopic (exact) mass is 534 g/mol. The van der Waals surface area contributed by atoms with Gasteiger partial charge in [0.15, 0.2) is 0 Å². The lowest BCUT2D eigenvalue weighted by Crippen LogP contribution is -2.35. The molecule has 9 heteroatoms. The van der Waals surface area contributed by atoms with Crippen molar-refractivity contribution in [2.45, 2.75) is 26.7 Å². The van der Waals surface area contributed by atoms with Crippen LogP contribution in [0, 0.1) is 9.62 Å². The van der Waals surface area contributed by atoms with E-state index in [4.69, 9.17) is 9.97 Å². The van der Waals surface area contributed by atoms with Gasteiger partial charge >= 0.3 is 0 Å². The Morgan fingerprint density at radius 1 is 1.37 bits per heavy atom. The smallest absolute Gasteiger partial charge is 0.270 e. The van der Waals surface area contributed by atoms with Gasteiger partial charge in [-0.25, -0.2) is 9.97 Å². The van der Waals surface area contributed by atoms with Gasteiger partial charge in [-0.3, -0.25) is 4.79 Å². The van der Waals surface area contributed by atoms with Crippen LogP contribution in [0.4, 0.5) is 5.82 Å². The topological polar surface area (TPSA) is 74.1 Å². The zero-order chi connectivity index (χ0) is 21.3. The lowest BCUT2D eigenvalue weighted by Gasteiger charge is -2.26. The summed E-state index contributed by atoms with van der Waals surface area (Å²) in [6.45, 7) is 10.2. The van der Waals surface area contributed by atoms with Crippen LogP contribution in [-0.4, -0.2) is 53.3 Å². The van der Waals surface area contributed by atoms with E-state index in [1.54, 1.807) is 17.2 Å². The van der Waals surface area contributed by atoms with Crippen molar-refractivity contribution in [2.75, 3.05) is 24.5 Å². The first-order valence-electron chi connectivity index (χ1n) is 9.87. The zero-order valence-electron chi connectivity index (χ0n) is 17.0. The van der Waals surface area contributed by atoms with Crippen molar-refractivity contribution in [3.05, 3.63) is 38.2 Å². The Morgan fingerprint density at radius 3 is 2.90 bits per heavy atom. The summed E-state index contributed by atoms with van der Waals surface area (Å²) in [6, 6.07) is 4.16. The number of carbonyl (C=O) groups is 1. The summed E-state index contributed by atoms with van der Waals surface area (Å²) in [5.41, 5.74) is 2.69. The molecule has 7 nitrogen and oxygen atoms in total. The molecular formula is C21H23IN6OS. The maximum absolute atomic E-state index is 13.0. The highest BCUT2D eigenvalue weighted by atomic mass is 127. The first-order chi connectivity index (χ1) is 14.5. The first-order valence-corrected chi connectivity index (χ1v) is 11.8. The SMILES string of the molecule is C=N/N=C\C=C(/C)N1CCc2nc(-c3ccc(N4CCC(C)C4)nc3I)sc2C1=O. The Morgan fingerprint density at radius 2 is 2.20 bits per heavy atom. The average molecular weight is 534 g/mol. The van der Waals surface area contributed by atoms with Crippen LogP contribution in [0.1, 0.15) is 35.6 Å². The maximum Gasteiger partial charge on any atom is 0.270 e. The van der Waals surface area contributed by atoms with Gasteiger partial charge in [0.05, 0.1) is 11.9 Å². The quantitative estimate of drug-likeness (QED) is 0.249. The van der Waals surface area contributed by atoms with E-state index in [-0.39, 0.29) is 5.91 Å². The van der Waals surface area contributed by atoms with Crippen molar-refractivity contribution >= 4 is 58.6 Å². The first kappa shape index (κ1) is 21.1. The largest absolute Gasteiger partial charge is 0.356 e. The van der Waals surface area contributed by atoms with Gasteiger partial charge in [0.2, 0.25) is 0 Å². The molecule has 0 aliphatic carbocycles. The van der Waals surface area contributed by atoms with E-state index >= 15 is 0 Å². The van der Waals surface area contributed by atoms with Crippen LogP contribution in [0.2, 0.25) is 0 Å². The van der Waals surface area contributed by atoms with E-state index in [1.165, 1.54) is 17.8 Å². The fourth-order valence-corrected chi connectivity index (χ4v) is 5.72. The van der Waals surface area contributed by atoms with Crippen molar-refractivity contribution in [2.24, 2.45) is 16.1 Å². The van der Waals surface area contributed by atoms with Gasteiger partial charge in [-0.1, -0.05) is 6.92 Å².